The molecule has 0 aliphatic carbocycles. The monoisotopic (exact) mass is 279 g/mol. The van der Waals surface area contributed by atoms with E-state index >= 15 is 0 Å². The van der Waals surface area contributed by atoms with E-state index in [0.29, 0.717) is 17.1 Å². The lowest BCUT2D eigenvalue weighted by molar-refractivity contribution is -0.121. The Morgan fingerprint density at radius 2 is 2.10 bits per heavy atom. The van der Waals surface area contributed by atoms with E-state index in [9.17, 15) is 14.4 Å². The van der Waals surface area contributed by atoms with Crippen LogP contribution >= 0.6 is 0 Å². The standard InChI is InChI=1S/C10H13N7O3/c1-5-6(9(19)13-10(20)12-5)2-3-8(18)11-4-7-14-16-17-15-7/h2-4H2,1H3,(H,11,18)(H2,12,13,19,20)(H,14,15,16,17). The summed E-state index contributed by atoms with van der Waals surface area (Å²) in [6.45, 7) is 1.78. The summed E-state index contributed by atoms with van der Waals surface area (Å²) in [5.74, 6) is 0.121. The summed E-state index contributed by atoms with van der Waals surface area (Å²) in [5, 5.41) is 15.6. The van der Waals surface area contributed by atoms with Gasteiger partial charge >= 0.3 is 5.69 Å². The minimum Gasteiger partial charge on any atom is -0.349 e. The number of nitrogens with zero attached hydrogens (tertiary/aromatic N) is 3. The molecular weight excluding hydrogens is 266 g/mol. The molecular formula is C10H13N7O3. The van der Waals surface area contributed by atoms with Crippen molar-refractivity contribution in [2.75, 3.05) is 0 Å². The van der Waals surface area contributed by atoms with Gasteiger partial charge in [-0.05, 0) is 13.3 Å². The molecule has 2 aromatic heterocycles. The Morgan fingerprint density at radius 1 is 1.30 bits per heavy atom. The van der Waals surface area contributed by atoms with Gasteiger partial charge in [0, 0.05) is 17.7 Å². The van der Waals surface area contributed by atoms with Crippen LogP contribution in [0.1, 0.15) is 23.5 Å². The highest BCUT2D eigenvalue weighted by Crippen LogP contribution is 1.99. The first-order chi connectivity index (χ1) is 9.56. The number of H-pyrrole nitrogens is 3. The second-order valence-electron chi connectivity index (χ2n) is 4.12. The first-order valence-electron chi connectivity index (χ1n) is 5.87. The van der Waals surface area contributed by atoms with E-state index in [1.165, 1.54) is 0 Å². The van der Waals surface area contributed by atoms with Crippen LogP contribution in [0.15, 0.2) is 9.59 Å². The SMILES string of the molecule is Cc1[nH]c(=O)[nH]c(=O)c1CCC(=O)NCc1nn[nH]n1. The molecule has 2 rings (SSSR count). The molecule has 106 valence electrons. The molecule has 0 atom stereocenters. The van der Waals surface area contributed by atoms with Gasteiger partial charge in [-0.2, -0.15) is 5.21 Å². The van der Waals surface area contributed by atoms with Gasteiger partial charge in [-0.1, -0.05) is 5.21 Å². The van der Waals surface area contributed by atoms with E-state index in [1.807, 2.05) is 0 Å². The lowest BCUT2D eigenvalue weighted by Crippen LogP contribution is -2.29. The largest absolute Gasteiger partial charge is 0.349 e. The molecule has 4 N–H and O–H groups in total. The van der Waals surface area contributed by atoms with Gasteiger partial charge in [0.05, 0.1) is 6.54 Å². The number of aromatic nitrogens is 6. The van der Waals surface area contributed by atoms with Gasteiger partial charge in [-0.15, -0.1) is 10.2 Å². The normalized spacial score (nSPS) is 10.4. The second-order valence-corrected chi connectivity index (χ2v) is 4.12. The van der Waals surface area contributed by atoms with Gasteiger partial charge in [0.15, 0.2) is 5.82 Å². The molecule has 0 spiro atoms. The number of carbonyl (C=O) groups excluding carboxylic acids is 1. The van der Waals surface area contributed by atoms with Gasteiger partial charge in [0.1, 0.15) is 0 Å². The minimum atomic E-state index is -0.558. The number of rotatable bonds is 5. The summed E-state index contributed by atoms with van der Waals surface area (Å²) in [6, 6.07) is 0. The van der Waals surface area contributed by atoms with E-state index in [2.05, 4.69) is 35.9 Å². The van der Waals surface area contributed by atoms with Crippen molar-refractivity contribution in [2.45, 2.75) is 26.3 Å². The smallest absolute Gasteiger partial charge is 0.325 e. The molecule has 20 heavy (non-hydrogen) atoms. The summed E-state index contributed by atoms with van der Waals surface area (Å²) in [7, 11) is 0. The molecule has 0 unspecified atom stereocenters. The van der Waals surface area contributed by atoms with Crippen LogP contribution in [-0.4, -0.2) is 36.5 Å². The van der Waals surface area contributed by atoms with Crippen LogP contribution in [-0.2, 0) is 17.8 Å². The van der Waals surface area contributed by atoms with Crippen molar-refractivity contribution < 1.29 is 4.79 Å². The molecule has 0 fully saturated rings. The molecule has 0 aliphatic rings. The maximum atomic E-state index is 11.6. The molecule has 10 nitrogen and oxygen atoms in total. The number of hydrogen-bond donors (Lipinski definition) is 4. The Balaban J connectivity index is 1.90. The summed E-state index contributed by atoms with van der Waals surface area (Å²) in [6.07, 6.45) is 0.351. The molecule has 2 heterocycles. The molecule has 0 saturated carbocycles. The minimum absolute atomic E-state index is 0.119. The third-order valence-corrected chi connectivity index (χ3v) is 2.69. The van der Waals surface area contributed by atoms with Gasteiger partial charge in [-0.25, -0.2) is 4.79 Å². The molecule has 0 radical (unpaired) electrons. The fraction of sp³-hybridized carbons (Fsp3) is 0.400. The summed E-state index contributed by atoms with van der Waals surface area (Å²) in [5.41, 5.74) is -0.181. The van der Waals surface area contributed by atoms with Gasteiger partial charge in [0.25, 0.3) is 5.56 Å². The average molecular weight is 279 g/mol. The number of nitrogens with one attached hydrogen (secondary N) is 4. The topological polar surface area (TPSA) is 149 Å². The molecule has 10 heteroatoms. The number of aromatic amines is 3. The van der Waals surface area contributed by atoms with Gasteiger partial charge < -0.3 is 10.3 Å². The fourth-order valence-electron chi connectivity index (χ4n) is 1.69. The first-order valence-corrected chi connectivity index (χ1v) is 5.87. The number of tetrazole rings is 1. The van der Waals surface area contributed by atoms with Crippen molar-refractivity contribution in [3.63, 3.8) is 0 Å². The van der Waals surface area contributed by atoms with Crippen LogP contribution in [0.4, 0.5) is 0 Å². The van der Waals surface area contributed by atoms with E-state index in [1.54, 1.807) is 6.92 Å². The molecule has 0 aliphatic heterocycles. The maximum absolute atomic E-state index is 11.6. The lowest BCUT2D eigenvalue weighted by atomic mass is 10.1. The van der Waals surface area contributed by atoms with E-state index < -0.39 is 11.2 Å². The van der Waals surface area contributed by atoms with Crippen LogP contribution in [0, 0.1) is 6.92 Å². The van der Waals surface area contributed by atoms with Crippen molar-refractivity contribution in [3.05, 3.63) is 37.9 Å². The van der Waals surface area contributed by atoms with Gasteiger partial charge in [-0.3, -0.25) is 14.6 Å². The Hall–Kier alpha value is -2.78. The highest BCUT2D eigenvalue weighted by molar-refractivity contribution is 5.76. The third kappa shape index (κ3) is 3.37. The summed E-state index contributed by atoms with van der Waals surface area (Å²) < 4.78 is 0. The lowest BCUT2D eigenvalue weighted by Gasteiger charge is -2.04. The van der Waals surface area contributed by atoms with Crippen LogP contribution in [0.3, 0.4) is 0 Å². The van der Waals surface area contributed by atoms with Crippen LogP contribution < -0.4 is 16.6 Å². The number of aryl methyl sites for hydroxylation is 1. The average Bonchev–Trinajstić information content (AvgIpc) is 2.88. The fourth-order valence-corrected chi connectivity index (χ4v) is 1.69. The summed E-state index contributed by atoms with van der Waals surface area (Å²) >= 11 is 0. The highest BCUT2D eigenvalue weighted by Gasteiger charge is 2.09. The predicted molar refractivity (Wildman–Crippen MR) is 66.8 cm³/mol. The van der Waals surface area contributed by atoms with E-state index in [0.717, 1.165) is 0 Å². The third-order valence-electron chi connectivity index (χ3n) is 2.69. The quantitative estimate of drug-likeness (QED) is 0.504. The Morgan fingerprint density at radius 3 is 2.75 bits per heavy atom. The molecule has 0 bridgehead atoms. The Kier molecular flexibility index (Phi) is 4.03. The van der Waals surface area contributed by atoms with Crippen molar-refractivity contribution >= 4 is 5.91 Å². The number of amides is 1. The molecule has 0 aromatic carbocycles. The van der Waals surface area contributed by atoms with E-state index in [-0.39, 0.29) is 25.3 Å². The van der Waals surface area contributed by atoms with Crippen molar-refractivity contribution in [1.82, 2.24) is 35.9 Å². The van der Waals surface area contributed by atoms with Crippen molar-refractivity contribution in [1.29, 1.82) is 0 Å². The second kappa shape index (κ2) is 5.91. The van der Waals surface area contributed by atoms with Crippen LogP contribution in [0.25, 0.3) is 0 Å². The van der Waals surface area contributed by atoms with Gasteiger partial charge in [0.2, 0.25) is 5.91 Å². The zero-order valence-corrected chi connectivity index (χ0v) is 10.7. The summed E-state index contributed by atoms with van der Waals surface area (Å²) in [4.78, 5) is 38.8. The highest BCUT2D eigenvalue weighted by atomic mass is 16.2. The number of carbonyl (C=O) groups is 1. The zero-order chi connectivity index (χ0) is 14.5. The van der Waals surface area contributed by atoms with E-state index in [4.69, 9.17) is 0 Å². The Bertz CT molecular complexity index is 700. The Labute approximate surface area is 112 Å². The molecule has 0 saturated heterocycles. The molecule has 2 aromatic rings. The van der Waals surface area contributed by atoms with Crippen molar-refractivity contribution in [3.8, 4) is 0 Å². The maximum Gasteiger partial charge on any atom is 0.325 e. The predicted octanol–water partition coefficient (Wildman–Crippen LogP) is -1.87. The number of hydrogen-bond acceptors (Lipinski definition) is 6. The first kappa shape index (κ1) is 13.6. The van der Waals surface area contributed by atoms with Crippen LogP contribution in [0.5, 0.6) is 0 Å². The van der Waals surface area contributed by atoms with Crippen molar-refractivity contribution in [2.24, 2.45) is 0 Å². The molecule has 1 amide bonds. The van der Waals surface area contributed by atoms with Crippen LogP contribution in [0.2, 0.25) is 0 Å². The zero-order valence-electron chi connectivity index (χ0n) is 10.7.